The molecule has 0 aliphatic carbocycles. The van der Waals surface area contributed by atoms with E-state index in [2.05, 4.69) is 10.5 Å². The van der Waals surface area contributed by atoms with E-state index in [1.807, 2.05) is 67.6 Å². The molecular formula is C21H16N2O2. The molecule has 1 heterocycles. The molecule has 0 spiro atoms. The number of hydrogen-bond acceptors (Lipinski definition) is 3. The van der Waals surface area contributed by atoms with E-state index in [4.69, 9.17) is 4.42 Å². The summed E-state index contributed by atoms with van der Waals surface area (Å²) >= 11 is 0. The molecule has 0 aliphatic heterocycles. The predicted molar refractivity (Wildman–Crippen MR) is 100.0 cm³/mol. The van der Waals surface area contributed by atoms with E-state index in [0.717, 1.165) is 27.3 Å². The Morgan fingerprint density at radius 3 is 2.68 bits per heavy atom. The van der Waals surface area contributed by atoms with Crippen LogP contribution in [0.5, 0.6) is 0 Å². The molecule has 0 fully saturated rings. The Labute approximate surface area is 144 Å². The lowest BCUT2D eigenvalue weighted by atomic mass is 10.1. The maximum Gasteiger partial charge on any atom is 0.307 e. The van der Waals surface area contributed by atoms with Crippen molar-refractivity contribution in [3.05, 3.63) is 83.6 Å². The van der Waals surface area contributed by atoms with E-state index in [1.54, 1.807) is 12.3 Å². The van der Waals surface area contributed by atoms with E-state index in [1.165, 1.54) is 0 Å². The number of hydrazone groups is 1. The van der Waals surface area contributed by atoms with Crippen molar-refractivity contribution in [1.29, 1.82) is 0 Å². The molecule has 0 unspecified atom stereocenters. The molecule has 4 nitrogen and oxygen atoms in total. The van der Waals surface area contributed by atoms with Crippen LogP contribution in [0.25, 0.3) is 21.7 Å². The highest BCUT2D eigenvalue weighted by Gasteiger charge is 2.13. The van der Waals surface area contributed by atoms with Crippen LogP contribution in [0, 0.1) is 6.92 Å². The van der Waals surface area contributed by atoms with Crippen molar-refractivity contribution in [2.75, 3.05) is 0 Å². The van der Waals surface area contributed by atoms with E-state index in [-0.39, 0.29) is 11.7 Å². The smallest absolute Gasteiger partial charge is 0.307 e. The second-order valence-corrected chi connectivity index (χ2v) is 5.86. The molecule has 122 valence electrons. The maximum atomic E-state index is 12.3. The van der Waals surface area contributed by atoms with Gasteiger partial charge < -0.3 is 4.42 Å². The van der Waals surface area contributed by atoms with Crippen LogP contribution < -0.4 is 5.43 Å². The van der Waals surface area contributed by atoms with Crippen molar-refractivity contribution < 1.29 is 9.21 Å². The first-order chi connectivity index (χ1) is 12.2. The number of nitrogens with zero attached hydrogens (tertiary/aromatic N) is 1. The number of nitrogens with one attached hydrogen (secondary N) is 1. The Morgan fingerprint density at radius 1 is 1.00 bits per heavy atom. The molecule has 1 aromatic heterocycles. The van der Waals surface area contributed by atoms with Gasteiger partial charge in [-0.1, -0.05) is 54.6 Å². The average Bonchev–Trinajstić information content (AvgIpc) is 3.08. The summed E-state index contributed by atoms with van der Waals surface area (Å²) in [5.74, 6) is -0.126. The molecule has 0 aliphatic rings. The van der Waals surface area contributed by atoms with Gasteiger partial charge in [-0.2, -0.15) is 5.10 Å². The van der Waals surface area contributed by atoms with Crippen LogP contribution in [0.4, 0.5) is 0 Å². The number of fused-ring (bicyclic) bond motifs is 3. The average molecular weight is 328 g/mol. The van der Waals surface area contributed by atoms with Gasteiger partial charge in [0, 0.05) is 5.39 Å². The molecule has 3 aromatic carbocycles. The van der Waals surface area contributed by atoms with Crippen molar-refractivity contribution in [1.82, 2.24) is 5.43 Å². The summed E-state index contributed by atoms with van der Waals surface area (Å²) in [6, 6.07) is 21.5. The van der Waals surface area contributed by atoms with E-state index in [0.29, 0.717) is 5.58 Å². The van der Waals surface area contributed by atoms with Crippen LogP contribution in [-0.4, -0.2) is 12.1 Å². The Balaban J connectivity index is 1.60. The summed E-state index contributed by atoms with van der Waals surface area (Å²) in [6.45, 7) is 1.99. The Morgan fingerprint density at radius 2 is 1.80 bits per heavy atom. The minimum absolute atomic E-state index is 0.244. The molecule has 0 bridgehead atoms. The summed E-state index contributed by atoms with van der Waals surface area (Å²) in [4.78, 5) is 12.3. The topological polar surface area (TPSA) is 54.6 Å². The standard InChI is InChI=1S/C21H16N2O2/c1-14-6-2-3-8-16(14)13-22-23-21(24)20-12-18-17-9-5-4-7-15(17)10-11-19(18)25-20/h2-13H,1H3,(H,23,24). The van der Waals surface area contributed by atoms with Crippen LogP contribution in [0.2, 0.25) is 0 Å². The number of carbonyl (C=O) groups excluding carboxylic acids is 1. The van der Waals surface area contributed by atoms with Gasteiger partial charge in [0.05, 0.1) is 6.21 Å². The number of benzene rings is 3. The second kappa shape index (κ2) is 6.24. The van der Waals surface area contributed by atoms with Crippen LogP contribution in [-0.2, 0) is 0 Å². The third-order valence-electron chi connectivity index (χ3n) is 4.21. The highest BCUT2D eigenvalue weighted by Crippen LogP contribution is 2.28. The van der Waals surface area contributed by atoms with Gasteiger partial charge in [0.2, 0.25) is 0 Å². The van der Waals surface area contributed by atoms with Crippen LogP contribution in [0.15, 0.2) is 76.2 Å². The number of furan rings is 1. The summed E-state index contributed by atoms with van der Waals surface area (Å²) in [6.07, 6.45) is 1.63. The van der Waals surface area contributed by atoms with Crippen molar-refractivity contribution in [2.45, 2.75) is 6.92 Å². The largest absolute Gasteiger partial charge is 0.451 e. The summed E-state index contributed by atoms with van der Waals surface area (Å²) in [5, 5.41) is 7.12. The molecule has 0 saturated carbocycles. The molecule has 1 amide bonds. The van der Waals surface area contributed by atoms with Crippen molar-refractivity contribution in [3.8, 4) is 0 Å². The predicted octanol–water partition coefficient (Wildman–Crippen LogP) is 4.66. The first kappa shape index (κ1) is 15.1. The first-order valence-electron chi connectivity index (χ1n) is 8.03. The first-order valence-corrected chi connectivity index (χ1v) is 8.03. The normalized spacial score (nSPS) is 11.4. The third kappa shape index (κ3) is 2.90. The molecule has 4 aromatic rings. The lowest BCUT2D eigenvalue weighted by Crippen LogP contribution is -2.16. The van der Waals surface area contributed by atoms with Gasteiger partial charge in [-0.15, -0.1) is 0 Å². The monoisotopic (exact) mass is 328 g/mol. The number of hydrogen-bond donors (Lipinski definition) is 1. The van der Waals surface area contributed by atoms with Gasteiger partial charge in [-0.05, 0) is 41.0 Å². The van der Waals surface area contributed by atoms with Gasteiger partial charge in [0.15, 0.2) is 5.76 Å². The summed E-state index contributed by atoms with van der Waals surface area (Å²) in [5.41, 5.74) is 5.26. The molecule has 25 heavy (non-hydrogen) atoms. The van der Waals surface area contributed by atoms with Crippen molar-refractivity contribution in [2.24, 2.45) is 5.10 Å². The number of amides is 1. The zero-order valence-electron chi connectivity index (χ0n) is 13.7. The molecule has 0 atom stereocenters. The molecule has 4 heteroatoms. The Kier molecular flexibility index (Phi) is 3.78. The van der Waals surface area contributed by atoms with E-state index >= 15 is 0 Å². The third-order valence-corrected chi connectivity index (χ3v) is 4.21. The van der Waals surface area contributed by atoms with Gasteiger partial charge in [0.1, 0.15) is 5.58 Å². The quantitative estimate of drug-likeness (QED) is 0.439. The van der Waals surface area contributed by atoms with Gasteiger partial charge in [0.25, 0.3) is 0 Å². The zero-order valence-corrected chi connectivity index (χ0v) is 13.7. The molecule has 4 rings (SSSR count). The highest BCUT2D eigenvalue weighted by atomic mass is 16.3. The molecular weight excluding hydrogens is 312 g/mol. The van der Waals surface area contributed by atoms with E-state index < -0.39 is 0 Å². The van der Waals surface area contributed by atoms with Crippen LogP contribution in [0.3, 0.4) is 0 Å². The van der Waals surface area contributed by atoms with Gasteiger partial charge in [-0.25, -0.2) is 5.43 Å². The molecule has 1 N–H and O–H groups in total. The van der Waals surface area contributed by atoms with Gasteiger partial charge in [-0.3, -0.25) is 4.79 Å². The van der Waals surface area contributed by atoms with E-state index in [9.17, 15) is 4.79 Å². The van der Waals surface area contributed by atoms with Crippen molar-refractivity contribution >= 4 is 33.9 Å². The minimum atomic E-state index is -0.370. The highest BCUT2D eigenvalue weighted by molar-refractivity contribution is 6.08. The van der Waals surface area contributed by atoms with Crippen LogP contribution in [0.1, 0.15) is 21.7 Å². The summed E-state index contributed by atoms with van der Waals surface area (Å²) < 4.78 is 5.68. The Bertz CT molecular complexity index is 1110. The SMILES string of the molecule is Cc1ccccc1C=NNC(=O)c1cc2c(ccc3ccccc32)o1. The fourth-order valence-electron chi connectivity index (χ4n) is 2.85. The maximum absolute atomic E-state index is 12.3. The van der Waals surface area contributed by atoms with Crippen LogP contribution >= 0.6 is 0 Å². The Hall–Kier alpha value is -3.40. The molecule has 0 radical (unpaired) electrons. The summed E-state index contributed by atoms with van der Waals surface area (Å²) in [7, 11) is 0. The number of rotatable bonds is 3. The fourth-order valence-corrected chi connectivity index (χ4v) is 2.85. The number of carbonyl (C=O) groups is 1. The number of aryl methyl sites for hydroxylation is 1. The minimum Gasteiger partial charge on any atom is -0.451 e. The molecule has 0 saturated heterocycles. The fraction of sp³-hybridized carbons (Fsp3) is 0.0476. The lowest BCUT2D eigenvalue weighted by molar-refractivity contribution is 0.0929. The van der Waals surface area contributed by atoms with Gasteiger partial charge >= 0.3 is 5.91 Å². The second-order valence-electron chi connectivity index (χ2n) is 5.86. The zero-order chi connectivity index (χ0) is 17.2. The lowest BCUT2D eigenvalue weighted by Gasteiger charge is -1.98. The van der Waals surface area contributed by atoms with Crippen molar-refractivity contribution in [3.63, 3.8) is 0 Å².